The number of hydrogen-bond donors (Lipinski definition) is 2. The van der Waals surface area contributed by atoms with Gasteiger partial charge in [0.25, 0.3) is 0 Å². The molecule has 2 saturated heterocycles. The molecule has 0 amide bonds. The topological polar surface area (TPSA) is 130 Å². The fraction of sp³-hybridized carbons (Fsp3) is 0.931. The normalized spacial score (nSPS) is 36.1. The first-order chi connectivity index (χ1) is 18.3. The van der Waals surface area contributed by atoms with Crippen molar-refractivity contribution >= 4 is 15.6 Å². The minimum atomic E-state index is -3.98. The maximum absolute atomic E-state index is 12.0. The van der Waals surface area contributed by atoms with E-state index in [2.05, 4.69) is 13.8 Å². The Balaban J connectivity index is 0.000000748. The Morgan fingerprint density at radius 3 is 1.45 bits per heavy atom. The van der Waals surface area contributed by atoms with E-state index in [-0.39, 0.29) is 75.0 Å². The van der Waals surface area contributed by atoms with Crippen molar-refractivity contribution in [1.82, 2.24) is 0 Å². The molecule has 2 aliphatic heterocycles. The SMILES string of the molecule is CC1C(C)[C@@H](COP(=O)(O)OCC2CCCC2)O[C@H]1C.CC1[C@H](C)O[C@H](C)[C@@H]1OP(=O)(O)OCC1CCCC1.[CH3-].[CH3-].[Fe+2]. The number of phosphoric ester groups is 2. The predicted octanol–water partition coefficient (Wildman–Crippen LogP) is 7.39. The van der Waals surface area contributed by atoms with E-state index in [9.17, 15) is 18.9 Å². The first-order valence-corrected chi connectivity index (χ1v) is 17.9. The van der Waals surface area contributed by atoms with E-state index in [4.69, 9.17) is 27.6 Å². The van der Waals surface area contributed by atoms with Crippen LogP contribution >= 0.6 is 15.6 Å². The van der Waals surface area contributed by atoms with Crippen molar-refractivity contribution in [1.29, 1.82) is 0 Å². The summed E-state index contributed by atoms with van der Waals surface area (Å²) in [7, 11) is -7.92. The summed E-state index contributed by atoms with van der Waals surface area (Å²) in [6, 6.07) is 0. The van der Waals surface area contributed by atoms with Crippen molar-refractivity contribution in [2.45, 2.75) is 123 Å². The first-order valence-electron chi connectivity index (χ1n) is 14.9. The van der Waals surface area contributed by atoms with Gasteiger partial charge in [-0.25, -0.2) is 9.13 Å². The molecule has 42 heavy (non-hydrogen) atoms. The summed E-state index contributed by atoms with van der Waals surface area (Å²) < 4.78 is 55.8. The van der Waals surface area contributed by atoms with Gasteiger partial charge in [0.1, 0.15) is 6.10 Å². The van der Waals surface area contributed by atoms with E-state index in [1.54, 1.807) is 0 Å². The summed E-state index contributed by atoms with van der Waals surface area (Å²) in [5.74, 6) is 1.64. The quantitative estimate of drug-likeness (QED) is 0.129. The molecule has 2 aliphatic carbocycles. The second-order valence-electron chi connectivity index (χ2n) is 12.2. The van der Waals surface area contributed by atoms with Gasteiger partial charge in [-0.1, -0.05) is 46.5 Å². The van der Waals surface area contributed by atoms with Crippen molar-refractivity contribution < 1.29 is 63.6 Å². The fourth-order valence-electron chi connectivity index (χ4n) is 6.04. The smallest absolute Gasteiger partial charge is 0.372 e. The molecule has 0 aromatic carbocycles. The maximum Gasteiger partial charge on any atom is 2.00 e. The van der Waals surface area contributed by atoms with Gasteiger partial charge in [-0.15, -0.1) is 0 Å². The zero-order chi connectivity index (χ0) is 28.8. The molecule has 13 heteroatoms. The molecule has 2 heterocycles. The van der Waals surface area contributed by atoms with Crippen LogP contribution in [0.1, 0.15) is 92.9 Å². The summed E-state index contributed by atoms with van der Waals surface area (Å²) in [5, 5.41) is 0. The van der Waals surface area contributed by atoms with E-state index in [1.165, 1.54) is 25.7 Å². The van der Waals surface area contributed by atoms with Crippen LogP contribution in [0.25, 0.3) is 0 Å². The molecule has 0 radical (unpaired) electrons. The average Bonchev–Trinajstić information content (AvgIpc) is 3.67. The monoisotopic (exact) mass is 684 g/mol. The van der Waals surface area contributed by atoms with Crippen LogP contribution in [-0.2, 0) is 53.8 Å². The minimum absolute atomic E-state index is 0. The fourth-order valence-corrected chi connectivity index (χ4v) is 7.98. The van der Waals surface area contributed by atoms with Gasteiger partial charge in [-0.2, -0.15) is 0 Å². The van der Waals surface area contributed by atoms with Crippen molar-refractivity contribution in [3.63, 3.8) is 0 Å². The summed E-state index contributed by atoms with van der Waals surface area (Å²) in [4.78, 5) is 19.5. The Labute approximate surface area is 266 Å². The molecular weight excluding hydrogens is 626 g/mol. The van der Waals surface area contributed by atoms with Gasteiger partial charge < -0.3 is 34.1 Å². The Bertz CT molecular complexity index is 839. The van der Waals surface area contributed by atoms with Crippen LogP contribution < -0.4 is 0 Å². The third-order valence-electron chi connectivity index (χ3n) is 9.25. The van der Waals surface area contributed by atoms with Gasteiger partial charge in [0.2, 0.25) is 0 Å². The molecule has 4 rings (SSSR count). The molecule has 10 atom stereocenters. The Hall–Kier alpha value is 0.659. The minimum Gasteiger partial charge on any atom is -0.372 e. The van der Waals surface area contributed by atoms with Gasteiger partial charge in [-0.05, 0) is 70.1 Å². The largest absolute Gasteiger partial charge is 2.00 e. The van der Waals surface area contributed by atoms with Gasteiger partial charge in [0.05, 0.1) is 44.2 Å². The second kappa shape index (κ2) is 19.3. The molecule has 4 aliphatic rings. The first kappa shape index (κ1) is 42.7. The second-order valence-corrected chi connectivity index (χ2v) is 15.1. The van der Waals surface area contributed by atoms with Crippen LogP contribution in [0.4, 0.5) is 0 Å². The third-order valence-corrected chi connectivity index (χ3v) is 11.2. The summed E-state index contributed by atoms with van der Waals surface area (Å²) in [6.07, 6.45) is 8.58. The number of phosphoric acid groups is 2. The molecule has 10 nitrogen and oxygen atoms in total. The van der Waals surface area contributed by atoms with Crippen LogP contribution in [0.2, 0.25) is 0 Å². The number of ether oxygens (including phenoxy) is 2. The molecular formula is C29H58FeO10P2. The summed E-state index contributed by atoms with van der Waals surface area (Å²) in [5.41, 5.74) is 0. The van der Waals surface area contributed by atoms with Crippen molar-refractivity contribution in [3.05, 3.63) is 14.9 Å². The van der Waals surface area contributed by atoms with Gasteiger partial charge in [0.15, 0.2) is 0 Å². The molecule has 0 spiro atoms. The molecule has 0 aromatic rings. The zero-order valence-electron chi connectivity index (χ0n) is 27.0. The zero-order valence-corrected chi connectivity index (χ0v) is 29.9. The van der Waals surface area contributed by atoms with Crippen molar-refractivity contribution in [2.75, 3.05) is 19.8 Å². The van der Waals surface area contributed by atoms with Crippen LogP contribution in [0.3, 0.4) is 0 Å². The molecule has 2 saturated carbocycles. The Morgan fingerprint density at radius 1 is 0.619 bits per heavy atom. The van der Waals surface area contributed by atoms with E-state index >= 15 is 0 Å². The van der Waals surface area contributed by atoms with E-state index < -0.39 is 15.6 Å². The Kier molecular flexibility index (Phi) is 19.7. The van der Waals surface area contributed by atoms with E-state index in [0.717, 1.165) is 25.7 Å². The number of rotatable bonds is 11. The third kappa shape index (κ3) is 13.2. The van der Waals surface area contributed by atoms with E-state index in [1.807, 2.05) is 27.7 Å². The molecule has 0 aromatic heterocycles. The molecule has 4 fully saturated rings. The van der Waals surface area contributed by atoms with Crippen LogP contribution in [0.15, 0.2) is 0 Å². The average molecular weight is 685 g/mol. The van der Waals surface area contributed by atoms with Crippen molar-refractivity contribution in [3.8, 4) is 0 Å². The molecule has 2 N–H and O–H groups in total. The standard InChI is InChI=1S/C14H27O5P.C13H25O5P.2CH3.Fe/c1-10-11(2)14(19-12(10)3)9-18-20(15,16)17-8-13-6-4-5-7-13;1-9-10(2)17-11(3)13(9)18-19(14,15)16-8-12-6-4-5-7-12;;;/h10-14H,4-9H2,1-3H3,(H,15,16);9-13H,4-8H2,1-3H3,(H,14,15);2*1H3;/q;;2*-1;+2/t10?,11?,12-,14+;9?,10-,11+,13+;;;/m00.../s1. The Morgan fingerprint density at radius 2 is 1.05 bits per heavy atom. The summed E-state index contributed by atoms with van der Waals surface area (Å²) in [6.45, 7) is 12.8. The van der Waals surface area contributed by atoms with Crippen LogP contribution in [0.5, 0.6) is 0 Å². The van der Waals surface area contributed by atoms with Crippen LogP contribution in [0, 0.1) is 44.4 Å². The van der Waals surface area contributed by atoms with Gasteiger partial charge in [-0.3, -0.25) is 18.1 Å². The van der Waals surface area contributed by atoms with E-state index in [0.29, 0.717) is 36.9 Å². The predicted molar refractivity (Wildman–Crippen MR) is 161 cm³/mol. The number of hydrogen-bond acceptors (Lipinski definition) is 8. The molecule has 0 bridgehead atoms. The maximum atomic E-state index is 12.0. The van der Waals surface area contributed by atoms with Crippen molar-refractivity contribution in [2.24, 2.45) is 29.6 Å². The summed E-state index contributed by atoms with van der Waals surface area (Å²) >= 11 is 0. The van der Waals surface area contributed by atoms with Gasteiger partial charge >= 0.3 is 32.7 Å². The molecule has 5 unspecified atom stereocenters. The van der Waals surface area contributed by atoms with Crippen LogP contribution in [-0.4, -0.2) is 60.1 Å². The van der Waals surface area contributed by atoms with Gasteiger partial charge in [0, 0.05) is 5.92 Å². The molecule has 252 valence electrons.